The summed E-state index contributed by atoms with van der Waals surface area (Å²) < 4.78 is 0.612. The monoisotopic (exact) mass is 349 g/mol. The lowest BCUT2D eigenvalue weighted by Crippen LogP contribution is -2.11. The molecule has 0 atom stereocenters. The maximum absolute atomic E-state index is 4.93. The Labute approximate surface area is 146 Å². The summed E-state index contributed by atoms with van der Waals surface area (Å²) in [4.78, 5) is 4.93. The van der Waals surface area contributed by atoms with Crippen LogP contribution in [0, 0.1) is 5.92 Å². The van der Waals surface area contributed by atoms with Crippen molar-refractivity contribution in [1.82, 2.24) is 0 Å². The highest BCUT2D eigenvalue weighted by Crippen LogP contribution is 2.38. The first-order valence-corrected chi connectivity index (χ1v) is 11.0. The van der Waals surface area contributed by atoms with Crippen LogP contribution in [0.15, 0.2) is 46.1 Å². The molecule has 3 rings (SSSR count). The lowest BCUT2D eigenvalue weighted by Gasteiger charge is -2.21. The molecule has 0 bridgehead atoms. The SMILES string of the molecule is C1=CSC(CC(=Nc2ccccc2)SCC2CCCCC2)S1. The fourth-order valence-electron chi connectivity index (χ4n) is 2.86. The van der Waals surface area contributed by atoms with Crippen molar-refractivity contribution in [3.8, 4) is 0 Å². The third-order valence-electron chi connectivity index (χ3n) is 4.08. The summed E-state index contributed by atoms with van der Waals surface area (Å²) >= 11 is 5.87. The van der Waals surface area contributed by atoms with Crippen molar-refractivity contribution in [2.24, 2.45) is 10.9 Å². The Morgan fingerprint density at radius 2 is 1.77 bits per heavy atom. The largest absolute Gasteiger partial charge is 0.247 e. The highest BCUT2D eigenvalue weighted by atomic mass is 32.2. The molecule has 4 heteroatoms. The molecule has 1 saturated carbocycles. The maximum atomic E-state index is 4.93. The van der Waals surface area contributed by atoms with E-state index in [0.29, 0.717) is 4.58 Å². The Balaban J connectivity index is 1.61. The van der Waals surface area contributed by atoms with Crippen molar-refractivity contribution < 1.29 is 0 Å². The van der Waals surface area contributed by atoms with Crippen LogP contribution in [0.25, 0.3) is 0 Å². The van der Waals surface area contributed by atoms with Crippen molar-refractivity contribution in [3.63, 3.8) is 0 Å². The Hall–Kier alpha value is -0.320. The summed E-state index contributed by atoms with van der Waals surface area (Å²) in [7, 11) is 0. The second-order valence-corrected chi connectivity index (χ2v) is 9.45. The van der Waals surface area contributed by atoms with E-state index in [-0.39, 0.29) is 0 Å². The molecule has 1 aliphatic heterocycles. The normalized spacial score (nSPS) is 20.6. The summed E-state index contributed by atoms with van der Waals surface area (Å²) in [6.07, 6.45) is 8.20. The first-order chi connectivity index (χ1) is 10.9. The number of hydrogen-bond acceptors (Lipinski definition) is 4. The summed E-state index contributed by atoms with van der Waals surface area (Å²) in [5, 5.41) is 5.73. The minimum Gasteiger partial charge on any atom is -0.247 e. The molecule has 1 nitrogen and oxygen atoms in total. The third-order valence-corrected chi connectivity index (χ3v) is 7.67. The molecule has 0 N–H and O–H groups in total. The molecule has 0 spiro atoms. The number of aliphatic imine (C=N–C) groups is 1. The van der Waals surface area contributed by atoms with Crippen molar-refractivity contribution >= 4 is 46.0 Å². The van der Waals surface area contributed by atoms with Crippen LogP contribution in [0.1, 0.15) is 38.5 Å². The van der Waals surface area contributed by atoms with E-state index in [2.05, 4.69) is 41.1 Å². The van der Waals surface area contributed by atoms with Crippen LogP contribution in [0.2, 0.25) is 0 Å². The minimum absolute atomic E-state index is 0.612. The van der Waals surface area contributed by atoms with E-state index >= 15 is 0 Å². The van der Waals surface area contributed by atoms with Gasteiger partial charge in [-0.1, -0.05) is 37.5 Å². The van der Waals surface area contributed by atoms with Gasteiger partial charge in [0, 0.05) is 12.2 Å². The summed E-state index contributed by atoms with van der Waals surface area (Å²) in [5.74, 6) is 2.16. The molecule has 1 aromatic rings. The number of rotatable bonds is 5. The van der Waals surface area contributed by atoms with Gasteiger partial charge in [0.1, 0.15) is 0 Å². The predicted molar refractivity (Wildman–Crippen MR) is 105 cm³/mol. The molecule has 1 heterocycles. The quantitative estimate of drug-likeness (QED) is 0.433. The predicted octanol–water partition coefficient (Wildman–Crippen LogP) is 6.70. The molecule has 0 radical (unpaired) electrons. The summed E-state index contributed by atoms with van der Waals surface area (Å²) in [6.45, 7) is 0. The molecule has 1 aliphatic carbocycles. The molecular weight excluding hydrogens is 326 g/mol. The first-order valence-electron chi connectivity index (χ1n) is 8.11. The van der Waals surface area contributed by atoms with Gasteiger partial charge >= 0.3 is 0 Å². The van der Waals surface area contributed by atoms with Crippen LogP contribution in [-0.4, -0.2) is 15.4 Å². The summed E-state index contributed by atoms with van der Waals surface area (Å²) in [6, 6.07) is 10.4. The Bertz CT molecular complexity index is 498. The summed E-state index contributed by atoms with van der Waals surface area (Å²) in [5.41, 5.74) is 1.09. The van der Waals surface area contributed by atoms with E-state index in [4.69, 9.17) is 4.99 Å². The number of hydrogen-bond donors (Lipinski definition) is 0. The lowest BCUT2D eigenvalue weighted by molar-refractivity contribution is 0.391. The van der Waals surface area contributed by atoms with Gasteiger partial charge in [0.05, 0.1) is 15.3 Å². The highest BCUT2D eigenvalue weighted by Gasteiger charge is 2.18. The standard InChI is InChI=1S/C18H23NS3/c1-3-7-15(8-4-1)14-22-17(13-18-20-11-12-21-18)19-16-9-5-2-6-10-16/h2,5-6,9-12,15,18H,1,3-4,7-8,13-14H2. The van der Waals surface area contributed by atoms with E-state index in [1.807, 2.05) is 35.3 Å². The van der Waals surface area contributed by atoms with E-state index < -0.39 is 0 Å². The van der Waals surface area contributed by atoms with E-state index in [0.717, 1.165) is 18.0 Å². The molecule has 0 amide bonds. The van der Waals surface area contributed by atoms with Crippen LogP contribution >= 0.6 is 35.3 Å². The molecule has 1 aromatic carbocycles. The van der Waals surface area contributed by atoms with E-state index in [1.165, 1.54) is 42.9 Å². The number of nitrogens with zero attached hydrogens (tertiary/aromatic N) is 1. The van der Waals surface area contributed by atoms with Crippen LogP contribution in [0.5, 0.6) is 0 Å². The van der Waals surface area contributed by atoms with Gasteiger partial charge in [0.15, 0.2) is 0 Å². The molecule has 0 saturated heterocycles. The van der Waals surface area contributed by atoms with Crippen molar-refractivity contribution in [3.05, 3.63) is 41.1 Å². The maximum Gasteiger partial charge on any atom is 0.0758 e. The zero-order valence-corrected chi connectivity index (χ0v) is 15.3. The van der Waals surface area contributed by atoms with E-state index in [9.17, 15) is 0 Å². The van der Waals surface area contributed by atoms with Gasteiger partial charge in [-0.3, -0.25) is 0 Å². The smallest absolute Gasteiger partial charge is 0.0758 e. The van der Waals surface area contributed by atoms with Crippen molar-refractivity contribution in [2.45, 2.75) is 43.1 Å². The zero-order chi connectivity index (χ0) is 15.0. The average molecular weight is 350 g/mol. The van der Waals surface area contributed by atoms with Gasteiger partial charge in [-0.25, -0.2) is 4.99 Å². The molecule has 22 heavy (non-hydrogen) atoms. The van der Waals surface area contributed by atoms with Gasteiger partial charge in [-0.2, -0.15) is 0 Å². The Kier molecular flexibility index (Phi) is 6.83. The molecule has 2 aliphatic rings. The fourth-order valence-corrected chi connectivity index (χ4v) is 6.30. The average Bonchev–Trinajstić information content (AvgIpc) is 3.08. The van der Waals surface area contributed by atoms with Gasteiger partial charge < -0.3 is 0 Å². The second-order valence-electron chi connectivity index (χ2n) is 5.83. The lowest BCUT2D eigenvalue weighted by atomic mass is 9.91. The van der Waals surface area contributed by atoms with Gasteiger partial charge in [0.2, 0.25) is 0 Å². The van der Waals surface area contributed by atoms with Crippen LogP contribution in [-0.2, 0) is 0 Å². The highest BCUT2D eigenvalue weighted by molar-refractivity contribution is 8.22. The molecule has 0 aromatic heterocycles. The van der Waals surface area contributed by atoms with Gasteiger partial charge in [-0.05, 0) is 41.7 Å². The third kappa shape index (κ3) is 5.39. The van der Waals surface area contributed by atoms with Crippen LogP contribution in [0.3, 0.4) is 0 Å². The van der Waals surface area contributed by atoms with Crippen molar-refractivity contribution in [2.75, 3.05) is 5.75 Å². The second kappa shape index (κ2) is 9.09. The topological polar surface area (TPSA) is 12.4 Å². The molecule has 118 valence electrons. The Morgan fingerprint density at radius 1 is 1.05 bits per heavy atom. The number of thioether (sulfide) groups is 3. The number of para-hydroxylation sites is 1. The minimum atomic E-state index is 0.612. The van der Waals surface area contributed by atoms with Crippen molar-refractivity contribution in [1.29, 1.82) is 0 Å². The zero-order valence-electron chi connectivity index (χ0n) is 12.8. The molecular formula is C18H23NS3. The Morgan fingerprint density at radius 3 is 2.50 bits per heavy atom. The van der Waals surface area contributed by atoms with E-state index in [1.54, 1.807) is 0 Å². The first kappa shape index (κ1) is 16.5. The van der Waals surface area contributed by atoms with Gasteiger partial charge in [-0.15, -0.1) is 35.3 Å². The number of benzene rings is 1. The molecule has 0 unspecified atom stereocenters. The molecule has 1 fully saturated rings. The van der Waals surface area contributed by atoms with Crippen LogP contribution in [0.4, 0.5) is 5.69 Å². The van der Waals surface area contributed by atoms with Crippen LogP contribution < -0.4 is 0 Å². The van der Waals surface area contributed by atoms with Gasteiger partial charge in [0.25, 0.3) is 0 Å². The fraction of sp³-hybridized carbons (Fsp3) is 0.500.